The predicted molar refractivity (Wildman–Crippen MR) is 288 cm³/mol. The molecule has 0 N–H and O–H groups in total. The van der Waals surface area contributed by atoms with Crippen molar-refractivity contribution in [1.82, 2.24) is 0 Å². The number of rotatable bonds is 48. The molecule has 0 radical (unpaired) electrons. The van der Waals surface area contributed by atoms with Crippen LogP contribution in [0.1, 0.15) is 239 Å². The minimum atomic E-state index is -0.785. The van der Waals surface area contributed by atoms with Crippen LogP contribution in [0.3, 0.4) is 0 Å². The number of hydrogen-bond acceptors (Lipinski definition) is 6. The van der Waals surface area contributed by atoms with E-state index in [1.807, 2.05) is 0 Å². The Morgan fingerprint density at radius 3 is 0.985 bits per heavy atom. The normalized spacial score (nSPS) is 12.9. The molecule has 0 saturated carbocycles. The minimum absolute atomic E-state index is 0.0859. The number of hydrogen-bond donors (Lipinski definition) is 0. The number of carbonyl (C=O) groups is 3. The summed E-state index contributed by atoms with van der Waals surface area (Å²) in [6, 6.07) is 0. The lowest BCUT2D eigenvalue weighted by Crippen LogP contribution is -2.30. The molecule has 1 unspecified atom stereocenters. The molecule has 0 aromatic heterocycles. The van der Waals surface area contributed by atoms with Crippen molar-refractivity contribution >= 4 is 17.9 Å². The van der Waals surface area contributed by atoms with Gasteiger partial charge in [0.05, 0.1) is 0 Å². The number of unbranched alkanes of at least 4 members (excludes halogenated alkanes) is 19. The lowest BCUT2D eigenvalue weighted by molar-refractivity contribution is -0.167. The Morgan fingerprint density at radius 2 is 0.612 bits per heavy atom. The monoisotopic (exact) mass is 929 g/mol. The van der Waals surface area contributed by atoms with Crippen LogP contribution >= 0.6 is 0 Å². The van der Waals surface area contributed by atoms with Gasteiger partial charge in [0, 0.05) is 19.3 Å². The van der Waals surface area contributed by atoms with Crippen LogP contribution < -0.4 is 0 Å². The average Bonchev–Trinajstić information content (AvgIpc) is 3.33. The van der Waals surface area contributed by atoms with E-state index in [0.717, 1.165) is 141 Å². The van der Waals surface area contributed by atoms with Gasteiger partial charge in [0.2, 0.25) is 0 Å². The van der Waals surface area contributed by atoms with Crippen LogP contribution in [0.15, 0.2) is 109 Å². The zero-order valence-corrected chi connectivity index (χ0v) is 43.4. The van der Waals surface area contributed by atoms with Gasteiger partial charge in [-0.25, -0.2) is 0 Å². The molecular formula is C61H100O6. The quantitative estimate of drug-likeness (QED) is 0.0262. The van der Waals surface area contributed by atoms with E-state index in [2.05, 4.69) is 130 Å². The zero-order chi connectivity index (χ0) is 48.6. The summed E-state index contributed by atoms with van der Waals surface area (Å²) >= 11 is 0. The topological polar surface area (TPSA) is 78.9 Å². The van der Waals surface area contributed by atoms with Gasteiger partial charge >= 0.3 is 17.9 Å². The highest BCUT2D eigenvalue weighted by Gasteiger charge is 2.19. The molecule has 0 aromatic rings. The van der Waals surface area contributed by atoms with Gasteiger partial charge in [-0.15, -0.1) is 0 Å². The number of ether oxygens (including phenoxy) is 3. The fourth-order valence-electron chi connectivity index (χ4n) is 7.16. The molecule has 0 spiro atoms. The van der Waals surface area contributed by atoms with Crippen molar-refractivity contribution in [1.29, 1.82) is 0 Å². The average molecular weight is 929 g/mol. The Morgan fingerprint density at radius 1 is 0.313 bits per heavy atom. The van der Waals surface area contributed by atoms with Crippen LogP contribution in [0.25, 0.3) is 0 Å². The molecule has 0 saturated heterocycles. The molecular weight excluding hydrogens is 829 g/mol. The Hall–Kier alpha value is -3.93. The lowest BCUT2D eigenvalue weighted by atomic mass is 10.1. The van der Waals surface area contributed by atoms with Crippen LogP contribution in [-0.2, 0) is 28.6 Å². The van der Waals surface area contributed by atoms with E-state index in [9.17, 15) is 14.4 Å². The van der Waals surface area contributed by atoms with Crippen LogP contribution in [0.5, 0.6) is 0 Å². The van der Waals surface area contributed by atoms with E-state index in [1.54, 1.807) is 0 Å². The van der Waals surface area contributed by atoms with Gasteiger partial charge in [-0.1, -0.05) is 226 Å². The van der Waals surface area contributed by atoms with Gasteiger partial charge in [-0.05, 0) is 103 Å². The Balaban J connectivity index is 4.16. The summed E-state index contributed by atoms with van der Waals surface area (Å²) in [6.45, 7) is 6.40. The molecule has 0 rings (SSSR count). The van der Waals surface area contributed by atoms with E-state index < -0.39 is 6.10 Å². The molecule has 0 amide bonds. The van der Waals surface area contributed by atoms with Gasteiger partial charge in [-0.3, -0.25) is 14.4 Å². The van der Waals surface area contributed by atoms with Gasteiger partial charge < -0.3 is 14.2 Å². The van der Waals surface area contributed by atoms with Gasteiger partial charge in [0.1, 0.15) is 13.2 Å². The Labute approximate surface area is 412 Å². The first kappa shape index (κ1) is 63.1. The molecule has 0 aliphatic heterocycles. The maximum absolute atomic E-state index is 12.7. The first-order valence-corrected chi connectivity index (χ1v) is 27.4. The largest absolute Gasteiger partial charge is 0.462 e. The van der Waals surface area contributed by atoms with E-state index in [0.29, 0.717) is 19.3 Å². The molecule has 380 valence electrons. The van der Waals surface area contributed by atoms with Crippen molar-refractivity contribution in [2.45, 2.75) is 245 Å². The molecule has 67 heavy (non-hydrogen) atoms. The second-order valence-electron chi connectivity index (χ2n) is 17.8. The summed E-state index contributed by atoms with van der Waals surface area (Å²) in [7, 11) is 0. The van der Waals surface area contributed by atoms with Crippen LogP contribution in [0, 0.1) is 0 Å². The van der Waals surface area contributed by atoms with Crippen molar-refractivity contribution in [2.75, 3.05) is 13.2 Å². The van der Waals surface area contributed by atoms with Crippen molar-refractivity contribution in [2.24, 2.45) is 0 Å². The van der Waals surface area contributed by atoms with Crippen molar-refractivity contribution in [3.05, 3.63) is 109 Å². The lowest BCUT2D eigenvalue weighted by Gasteiger charge is -2.18. The van der Waals surface area contributed by atoms with Crippen molar-refractivity contribution < 1.29 is 28.6 Å². The molecule has 0 bridgehead atoms. The standard InChI is InChI=1S/C61H100O6/c1-4-7-10-13-16-19-21-22-23-24-25-26-27-28-29-30-31-32-33-34-35-36-37-38-39-40-41-43-45-48-51-54-60(63)66-57-58(56-65-59(62)53-50-47-44-18-15-12-9-6-3)67-61(64)55-52-49-46-42-20-17-14-11-8-5-2/h7,10-11,14,16,19,22-23,25-26,28-29,31-32,34-35,37-38,58H,4-6,8-9,12-13,15,17-18,20-21,24,27,30,33,36,39-57H2,1-3H3/b10-7-,14-11-,19-16-,23-22-,26-25-,29-28-,32-31-,35-34-,38-37-. The fourth-order valence-corrected chi connectivity index (χ4v) is 7.16. The third kappa shape index (κ3) is 52.9. The molecule has 0 fully saturated rings. The van der Waals surface area contributed by atoms with E-state index in [-0.39, 0.29) is 31.1 Å². The molecule has 6 heteroatoms. The third-order valence-electron chi connectivity index (χ3n) is 11.2. The molecule has 1 atom stereocenters. The SMILES string of the molecule is CC/C=C\C/C=C\C/C=C\C/C=C\C/C=C\C/C=C\C/C=C\C/C=C\CCCCCCCCC(=O)OCC(COC(=O)CCCCCCCCCC)OC(=O)CCCCCCC/C=C\CCC. The van der Waals surface area contributed by atoms with E-state index in [1.165, 1.54) is 57.8 Å². The van der Waals surface area contributed by atoms with Crippen molar-refractivity contribution in [3.63, 3.8) is 0 Å². The molecule has 0 heterocycles. The maximum Gasteiger partial charge on any atom is 0.306 e. The number of carbonyl (C=O) groups excluding carboxylic acids is 3. The summed E-state index contributed by atoms with van der Waals surface area (Å²) in [5, 5.41) is 0. The van der Waals surface area contributed by atoms with E-state index in [4.69, 9.17) is 14.2 Å². The summed E-state index contributed by atoms with van der Waals surface area (Å²) in [5.74, 6) is -0.922. The molecule has 6 nitrogen and oxygen atoms in total. The highest BCUT2D eigenvalue weighted by Crippen LogP contribution is 2.14. The van der Waals surface area contributed by atoms with Crippen molar-refractivity contribution in [3.8, 4) is 0 Å². The minimum Gasteiger partial charge on any atom is -0.462 e. The maximum atomic E-state index is 12.7. The summed E-state index contributed by atoms with van der Waals surface area (Å²) in [6.07, 6.45) is 73.9. The highest BCUT2D eigenvalue weighted by molar-refractivity contribution is 5.71. The van der Waals surface area contributed by atoms with Crippen LogP contribution in [-0.4, -0.2) is 37.2 Å². The highest BCUT2D eigenvalue weighted by atomic mass is 16.6. The Kier molecular flexibility index (Phi) is 51.5. The Bertz CT molecular complexity index is 1390. The number of esters is 3. The van der Waals surface area contributed by atoms with Gasteiger partial charge in [-0.2, -0.15) is 0 Å². The summed E-state index contributed by atoms with van der Waals surface area (Å²) in [5.41, 5.74) is 0. The third-order valence-corrected chi connectivity index (χ3v) is 11.2. The predicted octanol–water partition coefficient (Wildman–Crippen LogP) is 18.3. The fraction of sp³-hybridized carbons (Fsp3) is 0.656. The zero-order valence-electron chi connectivity index (χ0n) is 43.4. The molecule has 0 aliphatic carbocycles. The van der Waals surface area contributed by atoms with E-state index >= 15 is 0 Å². The first-order chi connectivity index (χ1) is 33.0. The van der Waals surface area contributed by atoms with Gasteiger partial charge in [0.25, 0.3) is 0 Å². The summed E-state index contributed by atoms with van der Waals surface area (Å²) < 4.78 is 16.7. The smallest absolute Gasteiger partial charge is 0.306 e. The second kappa shape index (κ2) is 54.7. The van der Waals surface area contributed by atoms with Gasteiger partial charge in [0.15, 0.2) is 6.10 Å². The summed E-state index contributed by atoms with van der Waals surface area (Å²) in [4.78, 5) is 37.8. The first-order valence-electron chi connectivity index (χ1n) is 27.4. The molecule has 0 aromatic carbocycles. The molecule has 0 aliphatic rings. The number of allylic oxidation sites excluding steroid dienone is 18. The van der Waals surface area contributed by atoms with Crippen LogP contribution in [0.4, 0.5) is 0 Å². The second-order valence-corrected chi connectivity index (χ2v) is 17.8. The van der Waals surface area contributed by atoms with Crippen LogP contribution in [0.2, 0.25) is 0 Å².